The number of aliphatic hydroxyl groups is 1. The Balaban J connectivity index is 2.70. The Hall–Kier alpha value is -0.950. The van der Waals surface area contributed by atoms with Gasteiger partial charge in [-0.1, -0.05) is 30.3 Å². The molecule has 0 amide bonds. The molecule has 0 spiro atoms. The minimum atomic E-state index is -3.41. The van der Waals surface area contributed by atoms with Gasteiger partial charge in [-0.15, -0.1) is 0 Å². The van der Waals surface area contributed by atoms with Crippen molar-refractivity contribution in [3.8, 4) is 0 Å². The molecular formula is C13H21NO4S. The highest BCUT2D eigenvalue weighted by Gasteiger charge is 2.21. The van der Waals surface area contributed by atoms with Crippen LogP contribution >= 0.6 is 0 Å². The lowest BCUT2D eigenvalue weighted by Gasteiger charge is -2.21. The molecule has 0 heterocycles. The molecule has 0 unspecified atom stereocenters. The highest BCUT2D eigenvalue weighted by atomic mass is 32.2. The standard InChI is InChI=1S/C13H21NO4S/c1-2-18-10-11-19(16,17)14(8-9-15)12-13-6-4-3-5-7-13/h3-7,15H,2,8-12H2,1H3. The summed E-state index contributed by atoms with van der Waals surface area (Å²) in [7, 11) is -3.41. The fraction of sp³-hybridized carbons (Fsp3) is 0.538. The fourth-order valence-electron chi connectivity index (χ4n) is 1.65. The lowest BCUT2D eigenvalue weighted by molar-refractivity contribution is 0.162. The summed E-state index contributed by atoms with van der Waals surface area (Å²) in [6, 6.07) is 9.33. The van der Waals surface area contributed by atoms with E-state index in [1.165, 1.54) is 4.31 Å². The van der Waals surface area contributed by atoms with E-state index in [0.717, 1.165) is 5.56 Å². The smallest absolute Gasteiger partial charge is 0.216 e. The Labute approximate surface area is 114 Å². The van der Waals surface area contributed by atoms with E-state index >= 15 is 0 Å². The van der Waals surface area contributed by atoms with Crippen LogP contribution < -0.4 is 0 Å². The molecule has 0 aliphatic carbocycles. The van der Waals surface area contributed by atoms with Crippen molar-refractivity contribution in [2.24, 2.45) is 0 Å². The summed E-state index contributed by atoms with van der Waals surface area (Å²) >= 11 is 0. The van der Waals surface area contributed by atoms with E-state index in [1.807, 2.05) is 37.3 Å². The molecule has 0 aliphatic rings. The minimum Gasteiger partial charge on any atom is -0.395 e. The monoisotopic (exact) mass is 287 g/mol. The van der Waals surface area contributed by atoms with E-state index in [1.54, 1.807) is 0 Å². The Bertz CT molecular complexity index is 447. The molecule has 0 radical (unpaired) electrons. The Morgan fingerprint density at radius 1 is 1.26 bits per heavy atom. The van der Waals surface area contributed by atoms with Gasteiger partial charge in [0.2, 0.25) is 10.0 Å². The largest absolute Gasteiger partial charge is 0.395 e. The predicted molar refractivity (Wildman–Crippen MR) is 74.2 cm³/mol. The molecule has 1 N–H and O–H groups in total. The van der Waals surface area contributed by atoms with Gasteiger partial charge in [-0.25, -0.2) is 8.42 Å². The molecule has 0 atom stereocenters. The molecule has 6 heteroatoms. The number of aliphatic hydroxyl groups excluding tert-OH is 1. The number of hydrogen-bond donors (Lipinski definition) is 1. The maximum absolute atomic E-state index is 12.1. The second kappa shape index (κ2) is 8.27. The van der Waals surface area contributed by atoms with Crippen LogP contribution in [-0.4, -0.2) is 49.9 Å². The number of nitrogens with zero attached hydrogens (tertiary/aromatic N) is 1. The maximum atomic E-state index is 12.1. The van der Waals surface area contributed by atoms with E-state index in [2.05, 4.69) is 0 Å². The molecule has 19 heavy (non-hydrogen) atoms. The molecule has 0 saturated carbocycles. The third kappa shape index (κ3) is 5.69. The van der Waals surface area contributed by atoms with Gasteiger partial charge in [0.25, 0.3) is 0 Å². The van der Waals surface area contributed by atoms with Crippen molar-refractivity contribution in [3.05, 3.63) is 35.9 Å². The molecule has 0 bridgehead atoms. The van der Waals surface area contributed by atoms with Crippen molar-refractivity contribution in [3.63, 3.8) is 0 Å². The Morgan fingerprint density at radius 2 is 1.95 bits per heavy atom. The van der Waals surface area contributed by atoms with E-state index in [0.29, 0.717) is 6.61 Å². The average molecular weight is 287 g/mol. The molecule has 0 fully saturated rings. The van der Waals surface area contributed by atoms with Crippen molar-refractivity contribution in [1.29, 1.82) is 0 Å². The molecule has 108 valence electrons. The van der Waals surface area contributed by atoms with Gasteiger partial charge < -0.3 is 9.84 Å². The van der Waals surface area contributed by atoms with Crippen LogP contribution in [0.4, 0.5) is 0 Å². The SMILES string of the molecule is CCOCCS(=O)(=O)N(CCO)Cc1ccccc1. The van der Waals surface area contributed by atoms with Crippen LogP contribution in [0.25, 0.3) is 0 Å². The first-order valence-corrected chi connectivity index (χ1v) is 7.91. The first-order chi connectivity index (χ1) is 9.10. The summed E-state index contributed by atoms with van der Waals surface area (Å²) in [5.41, 5.74) is 0.899. The van der Waals surface area contributed by atoms with Gasteiger partial charge in [0.05, 0.1) is 19.0 Å². The highest BCUT2D eigenvalue weighted by molar-refractivity contribution is 7.89. The third-order valence-electron chi connectivity index (χ3n) is 2.63. The van der Waals surface area contributed by atoms with E-state index in [-0.39, 0.29) is 32.1 Å². The van der Waals surface area contributed by atoms with E-state index in [9.17, 15) is 8.42 Å². The number of hydrogen-bond acceptors (Lipinski definition) is 4. The lowest BCUT2D eigenvalue weighted by Crippen LogP contribution is -2.36. The summed E-state index contributed by atoms with van der Waals surface area (Å²) in [5, 5.41) is 9.01. The van der Waals surface area contributed by atoms with Gasteiger partial charge in [-0.2, -0.15) is 4.31 Å². The molecule has 0 aliphatic heterocycles. The average Bonchev–Trinajstić information content (AvgIpc) is 2.39. The van der Waals surface area contributed by atoms with Crippen LogP contribution in [-0.2, 0) is 21.3 Å². The van der Waals surface area contributed by atoms with E-state index in [4.69, 9.17) is 9.84 Å². The molecule has 1 rings (SSSR count). The Kier molecular flexibility index (Phi) is 7.01. The van der Waals surface area contributed by atoms with Gasteiger partial charge >= 0.3 is 0 Å². The minimum absolute atomic E-state index is 0.0618. The zero-order valence-electron chi connectivity index (χ0n) is 11.2. The number of sulfonamides is 1. The summed E-state index contributed by atoms with van der Waals surface area (Å²) in [6.45, 7) is 2.67. The summed E-state index contributed by atoms with van der Waals surface area (Å²) in [5.74, 6) is -0.0618. The normalized spacial score (nSPS) is 11.9. The van der Waals surface area contributed by atoms with Crippen molar-refractivity contribution in [1.82, 2.24) is 4.31 Å². The zero-order valence-corrected chi connectivity index (χ0v) is 12.0. The molecule has 0 aromatic heterocycles. The lowest BCUT2D eigenvalue weighted by atomic mass is 10.2. The van der Waals surface area contributed by atoms with Crippen LogP contribution in [0.2, 0.25) is 0 Å². The second-order valence-corrected chi connectivity index (χ2v) is 6.14. The Morgan fingerprint density at radius 3 is 2.53 bits per heavy atom. The maximum Gasteiger partial charge on any atom is 0.216 e. The molecule has 1 aromatic rings. The van der Waals surface area contributed by atoms with Crippen molar-refractivity contribution < 1.29 is 18.3 Å². The van der Waals surface area contributed by atoms with Crippen LogP contribution in [0.1, 0.15) is 12.5 Å². The van der Waals surface area contributed by atoms with E-state index < -0.39 is 10.0 Å². The van der Waals surface area contributed by atoms with Crippen molar-refractivity contribution in [2.75, 3.05) is 32.1 Å². The number of ether oxygens (including phenoxy) is 1. The van der Waals surface area contributed by atoms with Crippen LogP contribution in [0.5, 0.6) is 0 Å². The summed E-state index contributed by atoms with van der Waals surface area (Å²) in [6.07, 6.45) is 0. The summed E-state index contributed by atoms with van der Waals surface area (Å²) in [4.78, 5) is 0. The first kappa shape index (κ1) is 16.1. The van der Waals surface area contributed by atoms with Gasteiger partial charge in [0, 0.05) is 19.7 Å². The first-order valence-electron chi connectivity index (χ1n) is 6.30. The van der Waals surface area contributed by atoms with Gasteiger partial charge in [-0.3, -0.25) is 0 Å². The van der Waals surface area contributed by atoms with Crippen LogP contribution in [0.15, 0.2) is 30.3 Å². The zero-order chi connectivity index (χ0) is 14.1. The third-order valence-corrected chi connectivity index (χ3v) is 4.42. The number of rotatable bonds is 9. The molecule has 5 nitrogen and oxygen atoms in total. The quantitative estimate of drug-likeness (QED) is 0.684. The van der Waals surface area contributed by atoms with Crippen LogP contribution in [0.3, 0.4) is 0 Å². The molecule has 0 saturated heterocycles. The van der Waals surface area contributed by atoms with Crippen LogP contribution in [0, 0.1) is 0 Å². The predicted octanol–water partition coefficient (Wildman–Crippen LogP) is 0.847. The molecular weight excluding hydrogens is 266 g/mol. The molecule has 1 aromatic carbocycles. The van der Waals surface area contributed by atoms with Gasteiger partial charge in [0.15, 0.2) is 0 Å². The van der Waals surface area contributed by atoms with Gasteiger partial charge in [-0.05, 0) is 12.5 Å². The fourth-order valence-corrected chi connectivity index (χ4v) is 2.95. The number of benzene rings is 1. The van der Waals surface area contributed by atoms with Crippen molar-refractivity contribution >= 4 is 10.0 Å². The van der Waals surface area contributed by atoms with Gasteiger partial charge in [0.1, 0.15) is 0 Å². The van der Waals surface area contributed by atoms with Crippen molar-refractivity contribution in [2.45, 2.75) is 13.5 Å². The second-order valence-electron chi connectivity index (χ2n) is 4.06. The topological polar surface area (TPSA) is 66.8 Å². The highest BCUT2D eigenvalue weighted by Crippen LogP contribution is 2.09. The summed E-state index contributed by atoms with van der Waals surface area (Å²) < 4.78 is 30.6.